The summed E-state index contributed by atoms with van der Waals surface area (Å²) in [4.78, 5) is 0. The van der Waals surface area contributed by atoms with Gasteiger partial charge in [0, 0.05) is 11.6 Å². The second kappa shape index (κ2) is 11.2. The molecule has 2 aromatic rings. The third-order valence-electron chi connectivity index (χ3n) is 2.87. The number of hydrogen-bond acceptors (Lipinski definition) is 3. The first kappa shape index (κ1) is 18.6. The molecule has 2 rings (SSSR count). The van der Waals surface area contributed by atoms with Crippen LogP contribution in [0.5, 0.6) is 11.5 Å². The highest BCUT2D eigenvalue weighted by Crippen LogP contribution is 2.15. The van der Waals surface area contributed by atoms with E-state index < -0.39 is 0 Å². The van der Waals surface area contributed by atoms with E-state index in [-0.39, 0.29) is 12.4 Å². The van der Waals surface area contributed by atoms with Crippen molar-refractivity contribution in [2.75, 3.05) is 26.3 Å². The first-order chi connectivity index (χ1) is 10.3. The summed E-state index contributed by atoms with van der Waals surface area (Å²) in [6.45, 7) is 3.08. The van der Waals surface area contributed by atoms with Gasteiger partial charge in [0.1, 0.15) is 18.1 Å². The minimum Gasteiger partial charge on any atom is -0.494 e. The zero-order chi connectivity index (χ0) is 14.8. The van der Waals surface area contributed by atoms with Crippen LogP contribution in [-0.2, 0) is 0 Å². The molecule has 0 spiro atoms. The van der Waals surface area contributed by atoms with Crippen molar-refractivity contribution < 1.29 is 9.47 Å². The predicted molar refractivity (Wildman–Crippen MR) is 93.6 cm³/mol. The van der Waals surface area contributed by atoms with Gasteiger partial charge in [0.15, 0.2) is 0 Å². The maximum atomic E-state index is 5.81. The lowest BCUT2D eigenvalue weighted by atomic mass is 10.3. The van der Waals surface area contributed by atoms with Crippen LogP contribution >= 0.6 is 24.0 Å². The van der Waals surface area contributed by atoms with Gasteiger partial charge in [-0.2, -0.15) is 0 Å². The Hall–Kier alpha value is -1.42. The molecule has 5 heteroatoms. The Labute approximate surface area is 143 Å². The van der Waals surface area contributed by atoms with Crippen LogP contribution in [0.1, 0.15) is 6.42 Å². The smallest absolute Gasteiger partial charge is 0.119 e. The summed E-state index contributed by atoms with van der Waals surface area (Å²) in [5, 5.41) is 4.04. The van der Waals surface area contributed by atoms with Gasteiger partial charge in [0.2, 0.25) is 0 Å². The fourth-order valence-corrected chi connectivity index (χ4v) is 1.93. The monoisotopic (exact) mass is 341 g/mol. The summed E-state index contributed by atoms with van der Waals surface area (Å²) in [6, 6.07) is 17.3. The molecule has 2 aromatic carbocycles. The fourth-order valence-electron chi connectivity index (χ4n) is 1.80. The van der Waals surface area contributed by atoms with Gasteiger partial charge in [0.05, 0.1) is 6.61 Å². The lowest BCUT2D eigenvalue weighted by molar-refractivity contribution is 0.294. The molecule has 0 atom stereocenters. The second-order valence-corrected chi connectivity index (χ2v) is 5.00. The van der Waals surface area contributed by atoms with E-state index in [9.17, 15) is 0 Å². The SMILES string of the molecule is Cl.Clc1ccc(OCCNCCCOc2ccccc2)cc1. The van der Waals surface area contributed by atoms with Crippen molar-refractivity contribution in [1.82, 2.24) is 5.32 Å². The van der Waals surface area contributed by atoms with E-state index >= 15 is 0 Å². The molecule has 22 heavy (non-hydrogen) atoms. The summed E-state index contributed by atoms with van der Waals surface area (Å²) in [5.41, 5.74) is 0. The zero-order valence-electron chi connectivity index (χ0n) is 12.3. The Bertz CT molecular complexity index is 506. The van der Waals surface area contributed by atoms with Crippen LogP contribution in [0.4, 0.5) is 0 Å². The largest absolute Gasteiger partial charge is 0.494 e. The lowest BCUT2D eigenvalue weighted by Crippen LogP contribution is -2.23. The minimum atomic E-state index is 0. The van der Waals surface area contributed by atoms with E-state index in [1.807, 2.05) is 54.6 Å². The van der Waals surface area contributed by atoms with Gasteiger partial charge in [-0.15, -0.1) is 12.4 Å². The van der Waals surface area contributed by atoms with Gasteiger partial charge in [-0.25, -0.2) is 0 Å². The van der Waals surface area contributed by atoms with Crippen LogP contribution in [0.15, 0.2) is 54.6 Å². The Kier molecular flexibility index (Phi) is 9.47. The highest BCUT2D eigenvalue weighted by Gasteiger charge is 1.95. The molecular weight excluding hydrogens is 321 g/mol. The van der Waals surface area contributed by atoms with Crippen LogP contribution in [0.3, 0.4) is 0 Å². The van der Waals surface area contributed by atoms with Gasteiger partial charge in [-0.3, -0.25) is 0 Å². The van der Waals surface area contributed by atoms with Gasteiger partial charge < -0.3 is 14.8 Å². The predicted octanol–water partition coefficient (Wildman–Crippen LogP) is 4.20. The van der Waals surface area contributed by atoms with E-state index in [1.54, 1.807) is 0 Å². The number of nitrogens with one attached hydrogen (secondary N) is 1. The van der Waals surface area contributed by atoms with Crippen molar-refractivity contribution in [3.05, 3.63) is 59.6 Å². The Balaban J connectivity index is 0.00000242. The lowest BCUT2D eigenvalue weighted by Gasteiger charge is -2.08. The maximum absolute atomic E-state index is 5.81. The molecule has 120 valence electrons. The van der Waals surface area contributed by atoms with E-state index in [2.05, 4.69) is 5.32 Å². The Morgan fingerprint density at radius 2 is 1.41 bits per heavy atom. The van der Waals surface area contributed by atoms with Crippen molar-refractivity contribution in [3.8, 4) is 11.5 Å². The highest BCUT2D eigenvalue weighted by atomic mass is 35.5. The van der Waals surface area contributed by atoms with Crippen LogP contribution < -0.4 is 14.8 Å². The molecule has 0 aliphatic rings. The number of hydrogen-bond donors (Lipinski definition) is 1. The van der Waals surface area contributed by atoms with Crippen LogP contribution in [0.25, 0.3) is 0 Å². The Morgan fingerprint density at radius 3 is 2.14 bits per heavy atom. The van der Waals surface area contributed by atoms with Crippen molar-refractivity contribution in [2.45, 2.75) is 6.42 Å². The van der Waals surface area contributed by atoms with Gasteiger partial charge in [-0.05, 0) is 49.4 Å². The van der Waals surface area contributed by atoms with Gasteiger partial charge >= 0.3 is 0 Å². The van der Waals surface area contributed by atoms with E-state index in [4.69, 9.17) is 21.1 Å². The van der Waals surface area contributed by atoms with Crippen molar-refractivity contribution in [1.29, 1.82) is 0 Å². The van der Waals surface area contributed by atoms with E-state index in [1.165, 1.54) is 0 Å². The molecule has 3 nitrogen and oxygen atoms in total. The molecule has 0 aliphatic heterocycles. The number of halogens is 2. The zero-order valence-corrected chi connectivity index (χ0v) is 13.9. The number of rotatable bonds is 9. The van der Waals surface area contributed by atoms with Crippen LogP contribution in [0.2, 0.25) is 5.02 Å². The van der Waals surface area contributed by atoms with Crippen molar-refractivity contribution in [3.63, 3.8) is 0 Å². The van der Waals surface area contributed by atoms with Gasteiger partial charge in [-0.1, -0.05) is 29.8 Å². The fraction of sp³-hybridized carbons (Fsp3) is 0.294. The maximum Gasteiger partial charge on any atom is 0.119 e. The molecule has 0 unspecified atom stereocenters. The summed E-state index contributed by atoms with van der Waals surface area (Å²) in [6.07, 6.45) is 0.968. The molecule has 1 N–H and O–H groups in total. The summed E-state index contributed by atoms with van der Waals surface area (Å²) >= 11 is 5.81. The highest BCUT2D eigenvalue weighted by molar-refractivity contribution is 6.30. The second-order valence-electron chi connectivity index (χ2n) is 4.57. The quantitative estimate of drug-likeness (QED) is 0.693. The van der Waals surface area contributed by atoms with Crippen molar-refractivity contribution in [2.24, 2.45) is 0 Å². The Morgan fingerprint density at radius 1 is 0.773 bits per heavy atom. The molecule has 0 heterocycles. The van der Waals surface area contributed by atoms with Gasteiger partial charge in [0.25, 0.3) is 0 Å². The average molecular weight is 342 g/mol. The average Bonchev–Trinajstić information content (AvgIpc) is 2.53. The standard InChI is InChI=1S/C17H20ClNO2.ClH/c18-15-7-9-17(10-8-15)21-14-12-19-11-4-13-20-16-5-2-1-3-6-16;/h1-3,5-10,19H,4,11-14H2;1H. The molecule has 0 saturated heterocycles. The number of para-hydroxylation sites is 1. The molecule has 0 amide bonds. The summed E-state index contributed by atoms with van der Waals surface area (Å²) < 4.78 is 11.2. The third-order valence-corrected chi connectivity index (χ3v) is 3.12. The third kappa shape index (κ3) is 7.55. The molecule has 0 aromatic heterocycles. The van der Waals surface area contributed by atoms with Crippen LogP contribution in [-0.4, -0.2) is 26.3 Å². The minimum absolute atomic E-state index is 0. The number of ether oxygens (including phenoxy) is 2. The van der Waals surface area contributed by atoms with E-state index in [0.717, 1.165) is 42.6 Å². The summed E-state index contributed by atoms with van der Waals surface area (Å²) in [5.74, 6) is 1.76. The molecule has 0 saturated carbocycles. The molecule has 0 aliphatic carbocycles. The van der Waals surface area contributed by atoms with Crippen LogP contribution in [0, 0.1) is 0 Å². The molecule has 0 fully saturated rings. The molecular formula is C17H21Cl2NO2. The first-order valence-electron chi connectivity index (χ1n) is 7.11. The normalized spacial score (nSPS) is 9.86. The summed E-state index contributed by atoms with van der Waals surface area (Å²) in [7, 11) is 0. The number of benzene rings is 2. The molecule has 0 radical (unpaired) electrons. The molecule has 0 bridgehead atoms. The first-order valence-corrected chi connectivity index (χ1v) is 7.49. The van der Waals surface area contributed by atoms with E-state index in [0.29, 0.717) is 6.61 Å². The topological polar surface area (TPSA) is 30.5 Å². The van der Waals surface area contributed by atoms with Crippen molar-refractivity contribution >= 4 is 24.0 Å².